The SMILES string of the molecule is O=C(NCC1(CN2CCOCC2)CC1)C1CCC(=O)N1Cc1c[nH]c2ccccc12. The molecule has 30 heavy (non-hydrogen) atoms. The molecule has 1 unspecified atom stereocenters. The number of ether oxygens (including phenoxy) is 1. The van der Waals surface area contributed by atoms with Gasteiger partial charge in [-0.05, 0) is 30.9 Å². The number of carbonyl (C=O) groups excluding carboxylic acids is 2. The maximum absolute atomic E-state index is 13.0. The molecule has 2 amide bonds. The molecule has 0 spiro atoms. The standard InChI is InChI=1S/C23H30N4O3/c28-21-6-5-20(27(21)14-17-13-24-19-4-2-1-3-18(17)19)22(29)25-15-23(7-8-23)16-26-9-11-30-12-10-26/h1-4,13,20,24H,5-12,14-16H2,(H,25,29). The molecule has 7 nitrogen and oxygen atoms in total. The summed E-state index contributed by atoms with van der Waals surface area (Å²) in [5, 5.41) is 4.30. The summed E-state index contributed by atoms with van der Waals surface area (Å²) in [6.45, 7) is 5.76. The Morgan fingerprint density at radius 2 is 2.03 bits per heavy atom. The number of amides is 2. The van der Waals surface area contributed by atoms with Crippen LogP contribution < -0.4 is 5.32 Å². The van der Waals surface area contributed by atoms with Gasteiger partial charge in [-0.1, -0.05) is 18.2 Å². The van der Waals surface area contributed by atoms with Gasteiger partial charge in [0.1, 0.15) is 6.04 Å². The molecule has 7 heteroatoms. The molecular formula is C23H30N4O3. The van der Waals surface area contributed by atoms with Crippen LogP contribution in [0, 0.1) is 5.41 Å². The number of aromatic amines is 1. The minimum atomic E-state index is -0.370. The monoisotopic (exact) mass is 410 g/mol. The highest BCUT2D eigenvalue weighted by Crippen LogP contribution is 2.45. The highest BCUT2D eigenvalue weighted by molar-refractivity contribution is 5.91. The average molecular weight is 411 g/mol. The molecule has 2 aliphatic heterocycles. The fourth-order valence-electron chi connectivity index (χ4n) is 4.84. The van der Waals surface area contributed by atoms with E-state index in [9.17, 15) is 9.59 Å². The first-order valence-electron chi connectivity index (χ1n) is 11.1. The van der Waals surface area contributed by atoms with Gasteiger partial charge >= 0.3 is 0 Å². The Morgan fingerprint density at radius 1 is 1.23 bits per heavy atom. The molecule has 2 N–H and O–H groups in total. The van der Waals surface area contributed by atoms with Gasteiger partial charge in [-0.3, -0.25) is 14.5 Å². The molecule has 1 aliphatic carbocycles. The van der Waals surface area contributed by atoms with Gasteiger partial charge in [0.15, 0.2) is 0 Å². The highest BCUT2D eigenvalue weighted by Gasteiger charge is 2.45. The van der Waals surface area contributed by atoms with E-state index in [4.69, 9.17) is 4.74 Å². The number of hydrogen-bond donors (Lipinski definition) is 2. The third kappa shape index (κ3) is 3.96. The predicted octanol–water partition coefficient (Wildman–Crippen LogP) is 1.89. The topological polar surface area (TPSA) is 77.7 Å². The zero-order valence-corrected chi connectivity index (χ0v) is 17.4. The first-order chi connectivity index (χ1) is 14.6. The zero-order chi connectivity index (χ0) is 20.6. The number of aromatic nitrogens is 1. The predicted molar refractivity (Wildman–Crippen MR) is 114 cm³/mol. The number of likely N-dealkylation sites (tertiary alicyclic amines) is 1. The molecule has 3 fully saturated rings. The van der Waals surface area contributed by atoms with Crippen LogP contribution in [0.4, 0.5) is 0 Å². The van der Waals surface area contributed by atoms with E-state index in [1.165, 1.54) is 0 Å². The molecule has 5 rings (SSSR count). The normalized spacial score (nSPS) is 23.8. The second-order valence-corrected chi connectivity index (χ2v) is 9.04. The molecule has 0 bridgehead atoms. The summed E-state index contributed by atoms with van der Waals surface area (Å²) in [6, 6.07) is 7.70. The number of carbonyl (C=O) groups is 2. The molecule has 2 aromatic rings. The number of morpholine rings is 1. The summed E-state index contributed by atoms with van der Waals surface area (Å²) in [5.41, 5.74) is 2.32. The van der Waals surface area contributed by atoms with Crippen molar-refractivity contribution < 1.29 is 14.3 Å². The molecule has 1 aromatic heterocycles. The van der Waals surface area contributed by atoms with Crippen LogP contribution in [-0.4, -0.2) is 72.0 Å². The maximum Gasteiger partial charge on any atom is 0.242 e. The van der Waals surface area contributed by atoms with Crippen molar-refractivity contribution >= 4 is 22.7 Å². The minimum Gasteiger partial charge on any atom is -0.379 e. The van der Waals surface area contributed by atoms with E-state index in [2.05, 4.69) is 21.3 Å². The number of hydrogen-bond acceptors (Lipinski definition) is 4. The van der Waals surface area contributed by atoms with Gasteiger partial charge in [-0.25, -0.2) is 0 Å². The van der Waals surface area contributed by atoms with Gasteiger partial charge in [0, 0.05) is 61.7 Å². The molecule has 1 aromatic carbocycles. The lowest BCUT2D eigenvalue weighted by atomic mass is 10.1. The summed E-state index contributed by atoms with van der Waals surface area (Å²) in [5.74, 6) is 0.0591. The quantitative estimate of drug-likeness (QED) is 0.731. The zero-order valence-electron chi connectivity index (χ0n) is 17.4. The van der Waals surface area contributed by atoms with Gasteiger partial charge in [-0.15, -0.1) is 0 Å². The fourth-order valence-corrected chi connectivity index (χ4v) is 4.84. The van der Waals surface area contributed by atoms with Gasteiger partial charge < -0.3 is 19.9 Å². The van der Waals surface area contributed by atoms with Crippen LogP contribution in [0.25, 0.3) is 10.9 Å². The lowest BCUT2D eigenvalue weighted by Gasteiger charge is -2.31. The first-order valence-corrected chi connectivity index (χ1v) is 11.1. The summed E-state index contributed by atoms with van der Waals surface area (Å²) in [4.78, 5) is 33.0. The Balaban J connectivity index is 1.21. The molecular weight excluding hydrogens is 380 g/mol. The van der Waals surface area contributed by atoms with Crippen LogP contribution in [0.15, 0.2) is 30.5 Å². The lowest BCUT2D eigenvalue weighted by molar-refractivity contribution is -0.135. The molecule has 3 heterocycles. The Hall–Kier alpha value is -2.38. The summed E-state index contributed by atoms with van der Waals surface area (Å²) in [6.07, 6.45) is 5.32. The van der Waals surface area contributed by atoms with Crippen molar-refractivity contribution in [1.82, 2.24) is 20.1 Å². The second kappa shape index (κ2) is 8.04. The van der Waals surface area contributed by atoms with Crippen molar-refractivity contribution in [2.24, 2.45) is 5.41 Å². The Kier molecular flexibility index (Phi) is 5.25. The molecule has 3 aliphatic rings. The van der Waals surface area contributed by atoms with Crippen LogP contribution in [-0.2, 0) is 20.9 Å². The summed E-state index contributed by atoms with van der Waals surface area (Å²) < 4.78 is 5.44. The molecule has 160 valence electrons. The molecule has 1 atom stereocenters. The van der Waals surface area contributed by atoms with Crippen molar-refractivity contribution in [3.05, 3.63) is 36.0 Å². The Bertz CT molecular complexity index is 929. The smallest absolute Gasteiger partial charge is 0.242 e. The van der Waals surface area contributed by atoms with Gasteiger partial charge in [0.2, 0.25) is 11.8 Å². The average Bonchev–Trinajstić information content (AvgIpc) is 3.26. The summed E-state index contributed by atoms with van der Waals surface area (Å²) >= 11 is 0. The number of fused-ring (bicyclic) bond motifs is 1. The van der Waals surface area contributed by atoms with Crippen molar-refractivity contribution in [2.75, 3.05) is 39.4 Å². The van der Waals surface area contributed by atoms with Crippen LogP contribution in [0.3, 0.4) is 0 Å². The number of rotatable bonds is 7. The molecule has 1 saturated carbocycles. The number of benzene rings is 1. The van der Waals surface area contributed by atoms with Gasteiger partial charge in [0.05, 0.1) is 13.2 Å². The van der Waals surface area contributed by atoms with E-state index >= 15 is 0 Å². The minimum absolute atomic E-state index is 0.00561. The maximum atomic E-state index is 13.0. The third-order valence-electron chi connectivity index (χ3n) is 6.90. The van der Waals surface area contributed by atoms with Crippen LogP contribution >= 0.6 is 0 Å². The van der Waals surface area contributed by atoms with Gasteiger partial charge in [-0.2, -0.15) is 0 Å². The van der Waals surface area contributed by atoms with Crippen molar-refractivity contribution in [1.29, 1.82) is 0 Å². The van der Waals surface area contributed by atoms with Crippen LogP contribution in [0.2, 0.25) is 0 Å². The van der Waals surface area contributed by atoms with Crippen LogP contribution in [0.1, 0.15) is 31.2 Å². The Labute approximate surface area is 176 Å². The fraction of sp³-hybridized carbons (Fsp3) is 0.565. The third-order valence-corrected chi connectivity index (χ3v) is 6.90. The summed E-state index contributed by atoms with van der Waals surface area (Å²) in [7, 11) is 0. The van der Waals surface area contributed by atoms with E-state index in [1.807, 2.05) is 24.4 Å². The van der Waals surface area contributed by atoms with E-state index in [0.29, 0.717) is 25.9 Å². The van der Waals surface area contributed by atoms with E-state index in [-0.39, 0.29) is 23.3 Å². The highest BCUT2D eigenvalue weighted by atomic mass is 16.5. The molecule has 2 saturated heterocycles. The van der Waals surface area contributed by atoms with Crippen molar-refractivity contribution in [3.8, 4) is 0 Å². The van der Waals surface area contributed by atoms with E-state index in [0.717, 1.165) is 62.2 Å². The van der Waals surface area contributed by atoms with E-state index in [1.54, 1.807) is 4.90 Å². The van der Waals surface area contributed by atoms with Crippen LogP contribution in [0.5, 0.6) is 0 Å². The lowest BCUT2D eigenvalue weighted by Crippen LogP contribution is -2.47. The first kappa shape index (κ1) is 19.6. The van der Waals surface area contributed by atoms with Crippen molar-refractivity contribution in [3.63, 3.8) is 0 Å². The number of nitrogens with zero attached hydrogens (tertiary/aromatic N) is 2. The molecule has 0 radical (unpaired) electrons. The largest absolute Gasteiger partial charge is 0.379 e. The number of H-pyrrole nitrogens is 1. The number of para-hydroxylation sites is 1. The number of nitrogens with one attached hydrogen (secondary N) is 2. The van der Waals surface area contributed by atoms with Crippen molar-refractivity contribution in [2.45, 2.75) is 38.3 Å². The van der Waals surface area contributed by atoms with Gasteiger partial charge in [0.25, 0.3) is 0 Å². The Morgan fingerprint density at radius 3 is 2.83 bits per heavy atom. The second-order valence-electron chi connectivity index (χ2n) is 9.04. The van der Waals surface area contributed by atoms with E-state index < -0.39 is 0 Å².